The minimum Gasteiger partial charge on any atom is -0.488 e. The third-order valence-electron chi connectivity index (χ3n) is 3.01. The highest BCUT2D eigenvalue weighted by Crippen LogP contribution is 2.25. The summed E-state index contributed by atoms with van der Waals surface area (Å²) in [6.45, 7) is 8.30. The Morgan fingerprint density at radius 3 is 2.63 bits per heavy atom. The van der Waals surface area contributed by atoms with Crippen molar-refractivity contribution < 1.29 is 4.74 Å². The molecule has 0 aliphatic carbocycles. The van der Waals surface area contributed by atoms with Crippen LogP contribution in [0.25, 0.3) is 5.69 Å². The molecule has 0 amide bonds. The van der Waals surface area contributed by atoms with E-state index in [0.717, 1.165) is 23.7 Å². The van der Waals surface area contributed by atoms with Crippen LogP contribution < -0.4 is 4.74 Å². The summed E-state index contributed by atoms with van der Waals surface area (Å²) in [4.78, 5) is 0. The first-order chi connectivity index (χ1) is 9.13. The maximum absolute atomic E-state index is 5.94. The molecule has 0 spiro atoms. The maximum atomic E-state index is 5.94. The second-order valence-corrected chi connectivity index (χ2v) is 4.91. The first kappa shape index (κ1) is 13.5. The molecule has 0 saturated heterocycles. The molecule has 1 unspecified atom stereocenters. The first-order valence-electron chi connectivity index (χ1n) is 6.67. The number of aromatic nitrogens is 4. The Kier molecular flexibility index (Phi) is 4.14. The fourth-order valence-corrected chi connectivity index (χ4v) is 1.76. The van der Waals surface area contributed by atoms with Crippen LogP contribution >= 0.6 is 0 Å². The van der Waals surface area contributed by atoms with E-state index in [1.54, 1.807) is 4.68 Å². The van der Waals surface area contributed by atoms with Crippen LogP contribution in [0.4, 0.5) is 0 Å². The summed E-state index contributed by atoms with van der Waals surface area (Å²) in [5.41, 5.74) is 0.886. The van der Waals surface area contributed by atoms with E-state index in [1.807, 2.05) is 24.3 Å². The molecule has 1 heterocycles. The predicted octanol–water partition coefficient (Wildman–Crippen LogP) is 2.96. The smallest absolute Gasteiger partial charge is 0.159 e. The van der Waals surface area contributed by atoms with E-state index in [9.17, 15) is 0 Å². The number of rotatable bonds is 5. The molecule has 2 aromatic rings. The highest BCUT2D eigenvalue weighted by atomic mass is 16.5. The molecule has 102 valence electrons. The number of nitrogens with zero attached hydrogens (tertiary/aromatic N) is 4. The zero-order chi connectivity index (χ0) is 13.8. The Hall–Kier alpha value is -1.91. The summed E-state index contributed by atoms with van der Waals surface area (Å²) < 4.78 is 7.69. The van der Waals surface area contributed by atoms with Crippen LogP contribution in [0.15, 0.2) is 24.3 Å². The van der Waals surface area contributed by atoms with E-state index < -0.39 is 0 Å². The van der Waals surface area contributed by atoms with E-state index in [-0.39, 0.29) is 12.0 Å². The minimum atomic E-state index is 0.167. The van der Waals surface area contributed by atoms with Gasteiger partial charge in [-0.3, -0.25) is 0 Å². The Balaban J connectivity index is 2.41. The van der Waals surface area contributed by atoms with E-state index in [4.69, 9.17) is 4.74 Å². The average Bonchev–Trinajstić information content (AvgIpc) is 2.88. The van der Waals surface area contributed by atoms with Gasteiger partial charge in [0, 0.05) is 5.92 Å². The van der Waals surface area contributed by atoms with Gasteiger partial charge >= 0.3 is 0 Å². The predicted molar refractivity (Wildman–Crippen MR) is 73.6 cm³/mol. The Morgan fingerprint density at radius 2 is 1.95 bits per heavy atom. The van der Waals surface area contributed by atoms with Crippen molar-refractivity contribution in [2.75, 3.05) is 0 Å². The van der Waals surface area contributed by atoms with Gasteiger partial charge < -0.3 is 4.74 Å². The molecule has 19 heavy (non-hydrogen) atoms. The van der Waals surface area contributed by atoms with Gasteiger partial charge in [-0.15, -0.1) is 5.10 Å². The molecule has 0 saturated carbocycles. The van der Waals surface area contributed by atoms with Crippen molar-refractivity contribution in [2.24, 2.45) is 0 Å². The van der Waals surface area contributed by atoms with Crippen LogP contribution in [-0.2, 0) is 0 Å². The second-order valence-electron chi connectivity index (χ2n) is 4.91. The van der Waals surface area contributed by atoms with Gasteiger partial charge in [0.15, 0.2) is 5.82 Å². The third-order valence-corrected chi connectivity index (χ3v) is 3.01. The monoisotopic (exact) mass is 260 g/mol. The lowest BCUT2D eigenvalue weighted by molar-refractivity contribution is 0.216. The summed E-state index contributed by atoms with van der Waals surface area (Å²) in [6, 6.07) is 7.85. The third kappa shape index (κ3) is 2.92. The van der Waals surface area contributed by atoms with Crippen LogP contribution in [0.1, 0.15) is 45.9 Å². The van der Waals surface area contributed by atoms with Crippen molar-refractivity contribution in [2.45, 2.75) is 46.1 Å². The van der Waals surface area contributed by atoms with Gasteiger partial charge in [-0.2, -0.15) is 4.68 Å². The van der Waals surface area contributed by atoms with Crippen LogP contribution in [0.5, 0.6) is 5.75 Å². The molecule has 0 N–H and O–H groups in total. The Labute approximate surface area is 113 Å². The molecule has 5 heteroatoms. The van der Waals surface area contributed by atoms with Gasteiger partial charge in [-0.25, -0.2) is 0 Å². The van der Waals surface area contributed by atoms with Crippen LogP contribution in [-0.4, -0.2) is 26.3 Å². The highest BCUT2D eigenvalue weighted by Gasteiger charge is 2.16. The lowest BCUT2D eigenvalue weighted by atomic mass is 10.2. The molecule has 0 aliphatic heterocycles. The van der Waals surface area contributed by atoms with E-state index in [1.165, 1.54) is 0 Å². The van der Waals surface area contributed by atoms with E-state index in [0.29, 0.717) is 0 Å². The Bertz CT molecular complexity index is 536. The number of benzene rings is 1. The summed E-state index contributed by atoms with van der Waals surface area (Å²) in [5.74, 6) is 1.90. The number of hydrogen-bond acceptors (Lipinski definition) is 4. The number of hydrogen-bond donors (Lipinski definition) is 0. The Morgan fingerprint density at radius 1 is 1.21 bits per heavy atom. The van der Waals surface area contributed by atoms with Crippen molar-refractivity contribution in [3.8, 4) is 11.4 Å². The van der Waals surface area contributed by atoms with Gasteiger partial charge in [0.2, 0.25) is 0 Å². The van der Waals surface area contributed by atoms with Gasteiger partial charge in [-0.05, 0) is 35.9 Å². The molecule has 0 fully saturated rings. The van der Waals surface area contributed by atoms with Crippen LogP contribution in [0.2, 0.25) is 0 Å². The fourth-order valence-electron chi connectivity index (χ4n) is 1.76. The van der Waals surface area contributed by atoms with Gasteiger partial charge in [0.05, 0.1) is 6.10 Å². The van der Waals surface area contributed by atoms with E-state index in [2.05, 4.69) is 43.2 Å². The second kappa shape index (κ2) is 5.82. The first-order valence-corrected chi connectivity index (χ1v) is 6.67. The number of ether oxygens (including phenoxy) is 1. The topological polar surface area (TPSA) is 52.8 Å². The SMILES string of the molecule is CCC(C)Oc1ccccc1-n1nnnc1C(C)C. The van der Waals surface area contributed by atoms with Crippen molar-refractivity contribution in [1.82, 2.24) is 20.2 Å². The van der Waals surface area contributed by atoms with E-state index >= 15 is 0 Å². The molecule has 5 nitrogen and oxygen atoms in total. The summed E-state index contributed by atoms with van der Waals surface area (Å²) in [6.07, 6.45) is 1.13. The van der Waals surface area contributed by atoms with Gasteiger partial charge in [-0.1, -0.05) is 32.9 Å². The maximum Gasteiger partial charge on any atom is 0.159 e. The lowest BCUT2D eigenvalue weighted by Crippen LogP contribution is -2.13. The molecule has 1 aromatic carbocycles. The largest absolute Gasteiger partial charge is 0.488 e. The summed E-state index contributed by atoms with van der Waals surface area (Å²) >= 11 is 0. The molecular weight excluding hydrogens is 240 g/mol. The zero-order valence-electron chi connectivity index (χ0n) is 11.9. The van der Waals surface area contributed by atoms with Crippen molar-refractivity contribution in [1.29, 1.82) is 0 Å². The van der Waals surface area contributed by atoms with Crippen LogP contribution in [0, 0.1) is 0 Å². The zero-order valence-corrected chi connectivity index (χ0v) is 11.9. The number of tetrazole rings is 1. The quantitative estimate of drug-likeness (QED) is 0.829. The molecule has 0 aliphatic rings. The van der Waals surface area contributed by atoms with Crippen molar-refractivity contribution in [3.05, 3.63) is 30.1 Å². The summed E-state index contributed by atoms with van der Waals surface area (Å²) in [5, 5.41) is 11.9. The molecule has 2 rings (SSSR count). The molecular formula is C14H20N4O. The van der Waals surface area contributed by atoms with Crippen LogP contribution in [0.3, 0.4) is 0 Å². The average molecular weight is 260 g/mol. The summed E-state index contributed by atoms with van der Waals surface area (Å²) in [7, 11) is 0. The fraction of sp³-hybridized carbons (Fsp3) is 0.500. The lowest BCUT2D eigenvalue weighted by Gasteiger charge is -2.16. The van der Waals surface area contributed by atoms with Gasteiger partial charge in [0.25, 0.3) is 0 Å². The molecule has 0 radical (unpaired) electrons. The van der Waals surface area contributed by atoms with Gasteiger partial charge in [0.1, 0.15) is 11.4 Å². The van der Waals surface area contributed by atoms with Crippen molar-refractivity contribution in [3.63, 3.8) is 0 Å². The number of para-hydroxylation sites is 2. The highest BCUT2D eigenvalue weighted by molar-refractivity contribution is 5.46. The standard InChI is InChI=1S/C14H20N4O/c1-5-11(4)19-13-9-7-6-8-12(13)18-14(10(2)3)15-16-17-18/h6-11H,5H2,1-4H3. The molecule has 1 atom stereocenters. The molecule has 0 bridgehead atoms. The molecule has 1 aromatic heterocycles. The van der Waals surface area contributed by atoms with Crippen molar-refractivity contribution >= 4 is 0 Å². The minimum absolute atomic E-state index is 0.167. The normalized spacial score (nSPS) is 12.7.